The van der Waals surface area contributed by atoms with Crippen molar-refractivity contribution in [3.8, 4) is 34.5 Å². The summed E-state index contributed by atoms with van der Waals surface area (Å²) < 4.78 is 21.1. The third-order valence-corrected chi connectivity index (χ3v) is 5.74. The Morgan fingerprint density at radius 3 is 2.25 bits per heavy atom. The molecule has 5 unspecified atom stereocenters. The minimum atomic E-state index is -1.75. The average molecular weight is 504 g/mol. The van der Waals surface area contributed by atoms with Crippen LogP contribution in [0.3, 0.4) is 0 Å². The fourth-order valence-electron chi connectivity index (χ4n) is 3.88. The van der Waals surface area contributed by atoms with Crippen LogP contribution < -0.4 is 9.47 Å². The summed E-state index contributed by atoms with van der Waals surface area (Å²) in [4.78, 5) is 12.4. The molecule has 4 rings (SSSR count). The largest absolute Gasteiger partial charge is 0.507 e. The number of aliphatic hydroxyl groups is 3. The molecule has 1 heterocycles. The van der Waals surface area contributed by atoms with Gasteiger partial charge >= 0.3 is 5.97 Å². The minimum Gasteiger partial charge on any atom is -0.507 e. The van der Waals surface area contributed by atoms with Crippen LogP contribution in [0, 0.1) is 0 Å². The first-order valence-corrected chi connectivity index (χ1v) is 10.7. The van der Waals surface area contributed by atoms with Crippen molar-refractivity contribution in [2.45, 2.75) is 30.7 Å². The molecule has 12 nitrogen and oxygen atoms in total. The Hall–Kier alpha value is -3.97. The molecule has 7 N–H and O–H groups in total. The monoisotopic (exact) mass is 504 g/mol. The number of fused-ring (bicyclic) bond motifs is 1. The van der Waals surface area contributed by atoms with Crippen molar-refractivity contribution in [2.75, 3.05) is 13.7 Å². The maximum atomic E-state index is 12.4. The van der Waals surface area contributed by atoms with Gasteiger partial charge in [-0.2, -0.15) is 0 Å². The topological polar surface area (TPSA) is 196 Å². The van der Waals surface area contributed by atoms with Gasteiger partial charge in [0.05, 0.1) is 18.1 Å². The van der Waals surface area contributed by atoms with Gasteiger partial charge in [0.15, 0.2) is 11.5 Å². The number of rotatable bonds is 6. The Morgan fingerprint density at radius 2 is 1.58 bits per heavy atom. The van der Waals surface area contributed by atoms with Crippen LogP contribution in [0.1, 0.15) is 10.4 Å². The first-order chi connectivity index (χ1) is 17.1. The number of carbonyl (C=O) groups excluding carboxylic acids is 1. The number of esters is 1. The van der Waals surface area contributed by atoms with Crippen molar-refractivity contribution in [3.63, 3.8) is 0 Å². The van der Waals surface area contributed by atoms with Crippen LogP contribution in [-0.4, -0.2) is 86.1 Å². The van der Waals surface area contributed by atoms with Crippen LogP contribution >= 0.6 is 0 Å². The number of methoxy groups -OCH3 is 1. The van der Waals surface area contributed by atoms with Gasteiger partial charge in [-0.3, -0.25) is 0 Å². The summed E-state index contributed by atoms with van der Waals surface area (Å²) >= 11 is 0. The van der Waals surface area contributed by atoms with Gasteiger partial charge < -0.3 is 54.7 Å². The molecule has 1 aliphatic rings. The molecule has 1 aliphatic heterocycles. The lowest BCUT2D eigenvalue weighted by Crippen LogP contribution is -2.60. The molecule has 0 aliphatic carbocycles. The standard InChI is InChI=1S/C24H24O12/c1-33-22-14(27)7-10(8-15(22)28)23(32)34-9-17-19(29)20(30)21(31)24(36-17)35-16-6-5-12(25)11-3-2-4-13(26)18(11)16/h2-8,17,19-21,24-31H,9H2,1H3. The summed E-state index contributed by atoms with van der Waals surface area (Å²) in [6.45, 7) is -0.598. The summed E-state index contributed by atoms with van der Waals surface area (Å²) in [5.41, 5.74) is -0.226. The molecule has 3 aromatic carbocycles. The van der Waals surface area contributed by atoms with E-state index in [1.165, 1.54) is 37.4 Å². The number of phenolic OH excluding ortho intramolecular Hbond substituents is 4. The van der Waals surface area contributed by atoms with E-state index in [0.717, 1.165) is 12.1 Å². The first kappa shape index (κ1) is 25.1. The van der Waals surface area contributed by atoms with Crippen LogP contribution in [0.4, 0.5) is 0 Å². The highest BCUT2D eigenvalue weighted by Crippen LogP contribution is 2.40. The molecular formula is C24H24O12. The maximum Gasteiger partial charge on any atom is 0.338 e. The molecule has 192 valence electrons. The lowest BCUT2D eigenvalue weighted by Gasteiger charge is -2.40. The van der Waals surface area contributed by atoms with E-state index < -0.39 is 54.8 Å². The molecule has 3 aromatic rings. The molecular weight excluding hydrogens is 480 g/mol. The number of benzene rings is 3. The number of carbonyl (C=O) groups is 1. The second-order valence-corrected chi connectivity index (χ2v) is 8.06. The highest BCUT2D eigenvalue weighted by atomic mass is 16.7. The summed E-state index contributed by atoms with van der Waals surface area (Å²) in [6, 6.07) is 9.05. The summed E-state index contributed by atoms with van der Waals surface area (Å²) in [7, 11) is 1.22. The van der Waals surface area contributed by atoms with Crippen LogP contribution in [0.25, 0.3) is 10.8 Å². The zero-order chi connectivity index (χ0) is 26.1. The summed E-state index contributed by atoms with van der Waals surface area (Å²) in [5.74, 6) is -2.58. The fourth-order valence-corrected chi connectivity index (χ4v) is 3.88. The van der Waals surface area contributed by atoms with Crippen molar-refractivity contribution in [1.82, 2.24) is 0 Å². The molecule has 1 saturated heterocycles. The SMILES string of the molecule is COc1c(O)cc(C(=O)OCC2OC(Oc3ccc(O)c4cccc(O)c34)C(O)C(O)C2O)cc1O. The zero-order valence-corrected chi connectivity index (χ0v) is 18.8. The van der Waals surface area contributed by atoms with Gasteiger partial charge in [-0.25, -0.2) is 4.79 Å². The zero-order valence-electron chi connectivity index (χ0n) is 18.8. The van der Waals surface area contributed by atoms with E-state index >= 15 is 0 Å². The molecule has 0 saturated carbocycles. The Bertz CT molecular complexity index is 1250. The number of hydrogen-bond acceptors (Lipinski definition) is 12. The average Bonchev–Trinajstić information content (AvgIpc) is 2.85. The highest BCUT2D eigenvalue weighted by Gasteiger charge is 2.45. The van der Waals surface area contributed by atoms with Gasteiger partial charge in [0.1, 0.15) is 48.3 Å². The Morgan fingerprint density at radius 1 is 0.889 bits per heavy atom. The third-order valence-electron chi connectivity index (χ3n) is 5.74. The van der Waals surface area contributed by atoms with Gasteiger partial charge in [0.2, 0.25) is 12.0 Å². The lowest BCUT2D eigenvalue weighted by molar-refractivity contribution is -0.277. The number of aromatic hydroxyl groups is 4. The molecule has 0 spiro atoms. The number of ether oxygens (including phenoxy) is 4. The third kappa shape index (κ3) is 4.62. The van der Waals surface area contributed by atoms with E-state index in [-0.39, 0.29) is 39.3 Å². The molecule has 36 heavy (non-hydrogen) atoms. The van der Waals surface area contributed by atoms with Gasteiger partial charge in [-0.15, -0.1) is 0 Å². The molecule has 1 fully saturated rings. The van der Waals surface area contributed by atoms with E-state index in [9.17, 15) is 40.5 Å². The van der Waals surface area contributed by atoms with E-state index in [2.05, 4.69) is 0 Å². The van der Waals surface area contributed by atoms with Crippen LogP contribution in [0.15, 0.2) is 42.5 Å². The second-order valence-electron chi connectivity index (χ2n) is 8.06. The number of phenols is 4. The normalized spacial score (nSPS) is 23.8. The fraction of sp³-hybridized carbons (Fsp3) is 0.292. The molecule has 0 aromatic heterocycles. The van der Waals surface area contributed by atoms with E-state index in [4.69, 9.17) is 18.9 Å². The highest BCUT2D eigenvalue weighted by molar-refractivity contribution is 5.97. The van der Waals surface area contributed by atoms with Crippen LogP contribution in [-0.2, 0) is 9.47 Å². The Kier molecular flexibility index (Phi) is 6.95. The van der Waals surface area contributed by atoms with Crippen molar-refractivity contribution in [1.29, 1.82) is 0 Å². The smallest absolute Gasteiger partial charge is 0.338 e. The molecule has 0 amide bonds. The molecule has 5 atom stereocenters. The lowest BCUT2D eigenvalue weighted by atomic mass is 9.99. The van der Waals surface area contributed by atoms with Crippen molar-refractivity contribution >= 4 is 16.7 Å². The predicted octanol–water partition coefficient (Wildman–Crippen LogP) is 0.714. The number of aliphatic hydroxyl groups excluding tert-OH is 3. The van der Waals surface area contributed by atoms with Crippen LogP contribution in [0.5, 0.6) is 34.5 Å². The predicted molar refractivity (Wildman–Crippen MR) is 121 cm³/mol. The molecule has 0 bridgehead atoms. The van der Waals surface area contributed by atoms with Crippen LogP contribution in [0.2, 0.25) is 0 Å². The summed E-state index contributed by atoms with van der Waals surface area (Å²) in [5, 5.41) is 71.5. The van der Waals surface area contributed by atoms with E-state index in [1.807, 2.05) is 0 Å². The van der Waals surface area contributed by atoms with Gasteiger partial charge in [0, 0.05) is 5.39 Å². The van der Waals surface area contributed by atoms with Crippen molar-refractivity contribution < 1.29 is 59.5 Å². The Balaban J connectivity index is 1.51. The van der Waals surface area contributed by atoms with Crippen molar-refractivity contribution in [3.05, 3.63) is 48.0 Å². The maximum absolute atomic E-state index is 12.4. The summed E-state index contributed by atoms with van der Waals surface area (Å²) in [6.07, 6.45) is -8.06. The minimum absolute atomic E-state index is 0.00784. The van der Waals surface area contributed by atoms with Gasteiger partial charge in [-0.05, 0) is 30.3 Å². The number of hydrogen-bond donors (Lipinski definition) is 7. The second kappa shape index (κ2) is 9.95. The quantitative estimate of drug-likeness (QED) is 0.233. The van der Waals surface area contributed by atoms with E-state index in [0.29, 0.717) is 0 Å². The Labute approximate surface area is 203 Å². The first-order valence-electron chi connectivity index (χ1n) is 10.7. The van der Waals surface area contributed by atoms with Gasteiger partial charge in [0.25, 0.3) is 0 Å². The van der Waals surface area contributed by atoms with Gasteiger partial charge in [-0.1, -0.05) is 12.1 Å². The van der Waals surface area contributed by atoms with Crippen molar-refractivity contribution in [2.24, 2.45) is 0 Å². The molecule has 0 radical (unpaired) electrons. The molecule has 12 heteroatoms. The van der Waals surface area contributed by atoms with E-state index in [1.54, 1.807) is 0 Å².